The van der Waals surface area contributed by atoms with Gasteiger partial charge < -0.3 is 20.0 Å². The van der Waals surface area contributed by atoms with Crippen LogP contribution in [0.1, 0.15) is 36.8 Å². The SMILES string of the molecule is CN=C(NCc1csc(N(C)C)n1)NCC(c1ccco1)N1CCCCC1.I. The summed E-state index contributed by atoms with van der Waals surface area (Å²) in [6.45, 7) is 3.64. The monoisotopic (exact) mass is 518 g/mol. The first-order chi connectivity index (χ1) is 13.2. The van der Waals surface area contributed by atoms with Gasteiger partial charge in [0.1, 0.15) is 5.76 Å². The van der Waals surface area contributed by atoms with Gasteiger partial charge in [0, 0.05) is 33.1 Å². The van der Waals surface area contributed by atoms with Crippen molar-refractivity contribution >= 4 is 46.4 Å². The van der Waals surface area contributed by atoms with Crippen molar-refractivity contribution < 1.29 is 4.42 Å². The second kappa shape index (κ2) is 11.6. The maximum atomic E-state index is 5.71. The van der Waals surface area contributed by atoms with Crippen molar-refractivity contribution in [1.82, 2.24) is 20.5 Å². The molecule has 2 aromatic rings. The molecule has 1 saturated heterocycles. The normalized spacial score (nSPS) is 16.3. The Balaban J connectivity index is 0.00000280. The number of aromatic nitrogens is 1. The molecule has 28 heavy (non-hydrogen) atoms. The highest BCUT2D eigenvalue weighted by molar-refractivity contribution is 14.0. The van der Waals surface area contributed by atoms with E-state index in [9.17, 15) is 0 Å². The average Bonchev–Trinajstić information content (AvgIpc) is 3.37. The third-order valence-electron chi connectivity index (χ3n) is 4.75. The molecule has 1 unspecified atom stereocenters. The van der Waals surface area contributed by atoms with Crippen molar-refractivity contribution in [2.24, 2.45) is 4.99 Å². The van der Waals surface area contributed by atoms with Crippen molar-refractivity contribution in [3.63, 3.8) is 0 Å². The van der Waals surface area contributed by atoms with Crippen LogP contribution in [0, 0.1) is 0 Å². The van der Waals surface area contributed by atoms with Crippen LogP contribution in [-0.4, -0.2) is 56.6 Å². The molecule has 0 aromatic carbocycles. The van der Waals surface area contributed by atoms with Crippen LogP contribution in [0.4, 0.5) is 5.13 Å². The summed E-state index contributed by atoms with van der Waals surface area (Å²) in [5.41, 5.74) is 1.02. The van der Waals surface area contributed by atoms with Gasteiger partial charge in [0.15, 0.2) is 11.1 Å². The molecule has 3 rings (SSSR count). The molecule has 1 aliphatic heterocycles. The number of thiazole rings is 1. The van der Waals surface area contributed by atoms with E-state index in [1.165, 1.54) is 19.3 Å². The summed E-state index contributed by atoms with van der Waals surface area (Å²) in [7, 11) is 5.81. The summed E-state index contributed by atoms with van der Waals surface area (Å²) in [5, 5.41) is 9.90. The van der Waals surface area contributed by atoms with Crippen LogP contribution in [0.25, 0.3) is 0 Å². The molecule has 3 heterocycles. The fourth-order valence-electron chi connectivity index (χ4n) is 3.29. The molecular weight excluding hydrogens is 487 g/mol. The van der Waals surface area contributed by atoms with E-state index in [1.54, 1.807) is 24.6 Å². The molecule has 0 spiro atoms. The number of halogens is 1. The van der Waals surface area contributed by atoms with Crippen LogP contribution in [0.15, 0.2) is 33.2 Å². The minimum Gasteiger partial charge on any atom is -0.468 e. The molecule has 156 valence electrons. The Morgan fingerprint density at radius 2 is 2.11 bits per heavy atom. The molecule has 0 aliphatic carbocycles. The Bertz CT molecular complexity index is 712. The minimum absolute atomic E-state index is 0. The zero-order chi connectivity index (χ0) is 19.1. The lowest BCUT2D eigenvalue weighted by atomic mass is 10.1. The third kappa shape index (κ3) is 6.35. The topological polar surface area (TPSA) is 68.9 Å². The largest absolute Gasteiger partial charge is 0.468 e. The summed E-state index contributed by atoms with van der Waals surface area (Å²) < 4.78 is 5.71. The van der Waals surface area contributed by atoms with Crippen LogP contribution < -0.4 is 15.5 Å². The van der Waals surface area contributed by atoms with Crippen molar-refractivity contribution in [3.8, 4) is 0 Å². The number of guanidine groups is 1. The van der Waals surface area contributed by atoms with Gasteiger partial charge in [-0.25, -0.2) is 4.98 Å². The molecule has 0 amide bonds. The second-order valence-corrected chi connectivity index (χ2v) is 7.79. The minimum atomic E-state index is 0. The predicted molar refractivity (Wildman–Crippen MR) is 127 cm³/mol. The lowest BCUT2D eigenvalue weighted by molar-refractivity contribution is 0.146. The molecule has 2 aromatic heterocycles. The smallest absolute Gasteiger partial charge is 0.191 e. The Kier molecular flexibility index (Phi) is 9.52. The molecule has 9 heteroatoms. The molecule has 7 nitrogen and oxygen atoms in total. The Morgan fingerprint density at radius 3 is 2.71 bits per heavy atom. The van der Waals surface area contributed by atoms with E-state index in [1.807, 2.05) is 25.1 Å². The summed E-state index contributed by atoms with van der Waals surface area (Å²) in [6, 6.07) is 4.25. The highest BCUT2D eigenvalue weighted by Gasteiger charge is 2.24. The van der Waals surface area contributed by atoms with E-state index in [2.05, 4.69) is 37.0 Å². The lowest BCUT2D eigenvalue weighted by Gasteiger charge is -2.33. The highest BCUT2D eigenvalue weighted by atomic mass is 127. The van der Waals surface area contributed by atoms with Gasteiger partial charge in [-0.05, 0) is 38.1 Å². The first kappa shape index (κ1) is 23.0. The van der Waals surface area contributed by atoms with E-state index in [4.69, 9.17) is 4.42 Å². The fraction of sp³-hybridized carbons (Fsp3) is 0.579. The van der Waals surface area contributed by atoms with Crippen molar-refractivity contribution in [2.75, 3.05) is 45.7 Å². The Morgan fingerprint density at radius 1 is 1.32 bits per heavy atom. The second-order valence-electron chi connectivity index (χ2n) is 6.95. The summed E-state index contributed by atoms with van der Waals surface area (Å²) in [5.74, 6) is 1.79. The number of nitrogens with one attached hydrogen (secondary N) is 2. The number of nitrogens with zero attached hydrogens (tertiary/aromatic N) is 4. The van der Waals surface area contributed by atoms with E-state index in [0.29, 0.717) is 6.54 Å². The van der Waals surface area contributed by atoms with Gasteiger partial charge in [-0.1, -0.05) is 6.42 Å². The summed E-state index contributed by atoms with van der Waals surface area (Å²) >= 11 is 1.65. The summed E-state index contributed by atoms with van der Waals surface area (Å²) in [6.07, 6.45) is 5.58. The molecule has 0 saturated carbocycles. The van der Waals surface area contributed by atoms with Crippen molar-refractivity contribution in [1.29, 1.82) is 0 Å². The van der Waals surface area contributed by atoms with Crippen LogP contribution in [0.5, 0.6) is 0 Å². The van der Waals surface area contributed by atoms with Gasteiger partial charge in [-0.3, -0.25) is 9.89 Å². The number of furan rings is 1. The molecule has 1 fully saturated rings. The number of rotatable bonds is 7. The van der Waals surface area contributed by atoms with Gasteiger partial charge in [-0.15, -0.1) is 35.3 Å². The molecule has 1 aliphatic rings. The summed E-state index contributed by atoms with van der Waals surface area (Å²) in [4.78, 5) is 13.5. The zero-order valence-corrected chi connectivity index (χ0v) is 20.0. The van der Waals surface area contributed by atoms with E-state index in [0.717, 1.165) is 42.2 Å². The number of hydrogen-bond donors (Lipinski definition) is 2. The van der Waals surface area contributed by atoms with Crippen molar-refractivity contribution in [2.45, 2.75) is 31.8 Å². The molecule has 2 N–H and O–H groups in total. The van der Waals surface area contributed by atoms with Crippen LogP contribution in [0.2, 0.25) is 0 Å². The standard InChI is InChI=1S/C19H30N6OS.HI/c1-20-18(21-12-15-14-27-19(23-15)24(2)3)22-13-16(17-8-7-11-26-17)25-9-5-4-6-10-25;/h7-8,11,14,16H,4-6,9-10,12-13H2,1-3H3,(H2,20,21,22);1H. The quantitative estimate of drug-likeness (QED) is 0.333. The highest BCUT2D eigenvalue weighted by Crippen LogP contribution is 2.24. The van der Waals surface area contributed by atoms with Gasteiger partial charge >= 0.3 is 0 Å². The zero-order valence-electron chi connectivity index (χ0n) is 16.9. The fourth-order valence-corrected chi connectivity index (χ4v) is 4.05. The van der Waals surface area contributed by atoms with E-state index in [-0.39, 0.29) is 30.0 Å². The Hall–Kier alpha value is -1.33. The number of anilines is 1. The van der Waals surface area contributed by atoms with Crippen molar-refractivity contribution in [3.05, 3.63) is 35.2 Å². The third-order valence-corrected chi connectivity index (χ3v) is 5.81. The molecular formula is C19H31IN6OS. The first-order valence-electron chi connectivity index (χ1n) is 9.51. The maximum absolute atomic E-state index is 5.71. The van der Waals surface area contributed by atoms with Crippen LogP contribution in [-0.2, 0) is 6.54 Å². The number of aliphatic imine (C=N–C) groups is 1. The first-order valence-corrected chi connectivity index (χ1v) is 10.4. The predicted octanol–water partition coefficient (Wildman–Crippen LogP) is 3.31. The number of likely N-dealkylation sites (tertiary alicyclic amines) is 1. The van der Waals surface area contributed by atoms with E-state index >= 15 is 0 Å². The Labute approximate surface area is 188 Å². The molecule has 0 radical (unpaired) electrons. The molecule has 1 atom stereocenters. The number of hydrogen-bond acceptors (Lipinski definition) is 6. The van der Waals surface area contributed by atoms with Gasteiger partial charge in [-0.2, -0.15) is 0 Å². The maximum Gasteiger partial charge on any atom is 0.191 e. The molecule has 0 bridgehead atoms. The van der Waals surface area contributed by atoms with Gasteiger partial charge in [0.05, 0.1) is 24.5 Å². The van der Waals surface area contributed by atoms with Crippen LogP contribution >= 0.6 is 35.3 Å². The lowest BCUT2D eigenvalue weighted by Crippen LogP contribution is -2.44. The number of piperidine rings is 1. The van der Waals surface area contributed by atoms with E-state index < -0.39 is 0 Å². The average molecular weight is 518 g/mol. The van der Waals surface area contributed by atoms with Crippen LogP contribution in [0.3, 0.4) is 0 Å². The van der Waals surface area contributed by atoms with Gasteiger partial charge in [0.2, 0.25) is 0 Å². The van der Waals surface area contributed by atoms with Gasteiger partial charge in [0.25, 0.3) is 0 Å².